The van der Waals surface area contributed by atoms with Crippen molar-refractivity contribution in [1.29, 1.82) is 0 Å². The van der Waals surface area contributed by atoms with E-state index < -0.39 is 0 Å². The van der Waals surface area contributed by atoms with Crippen molar-refractivity contribution in [2.24, 2.45) is 0 Å². The van der Waals surface area contributed by atoms with Gasteiger partial charge in [0, 0.05) is 7.11 Å². The van der Waals surface area contributed by atoms with Crippen LogP contribution in [-0.2, 0) is 4.74 Å². The molecule has 13 heavy (non-hydrogen) atoms. The van der Waals surface area contributed by atoms with E-state index in [1.165, 1.54) is 17.5 Å². The van der Waals surface area contributed by atoms with Crippen molar-refractivity contribution in [2.75, 3.05) is 7.11 Å². The molecule has 0 aromatic heterocycles. The van der Waals surface area contributed by atoms with Gasteiger partial charge in [0.05, 0.1) is 6.10 Å². The lowest BCUT2D eigenvalue weighted by Gasteiger charge is -2.28. The van der Waals surface area contributed by atoms with E-state index in [0.29, 0.717) is 12.0 Å². The van der Waals surface area contributed by atoms with Crippen molar-refractivity contribution in [1.82, 2.24) is 0 Å². The van der Waals surface area contributed by atoms with Crippen molar-refractivity contribution < 1.29 is 4.74 Å². The van der Waals surface area contributed by atoms with E-state index in [0.717, 1.165) is 6.42 Å². The molecule has 0 N–H and O–H groups in total. The summed E-state index contributed by atoms with van der Waals surface area (Å²) >= 11 is 0. The van der Waals surface area contributed by atoms with Crippen LogP contribution >= 0.6 is 0 Å². The molecule has 1 aromatic rings. The molecule has 1 nitrogen and oxygen atoms in total. The third-order valence-corrected chi connectivity index (χ3v) is 3.02. The second-order valence-electron chi connectivity index (χ2n) is 3.83. The zero-order chi connectivity index (χ0) is 9.26. The Bertz CT molecular complexity index is 293. The largest absolute Gasteiger partial charge is 0.377 e. The fourth-order valence-electron chi connectivity index (χ4n) is 2.21. The topological polar surface area (TPSA) is 9.23 Å². The normalized spacial score (nSPS) is 26.9. The maximum atomic E-state index is 5.47. The summed E-state index contributed by atoms with van der Waals surface area (Å²) in [5.74, 6) is 0.697. The number of fused-ring (bicyclic) bond motifs is 1. The molecule has 0 spiro atoms. The van der Waals surface area contributed by atoms with Gasteiger partial charge in [0.2, 0.25) is 0 Å². The molecule has 1 aliphatic carbocycles. The summed E-state index contributed by atoms with van der Waals surface area (Å²) in [5, 5.41) is 0. The van der Waals surface area contributed by atoms with E-state index in [1.807, 2.05) is 0 Å². The molecule has 0 bridgehead atoms. The molecule has 1 heteroatoms. The fourth-order valence-corrected chi connectivity index (χ4v) is 2.21. The lowest BCUT2D eigenvalue weighted by Crippen LogP contribution is -2.13. The highest BCUT2D eigenvalue weighted by Crippen LogP contribution is 2.38. The number of benzene rings is 1. The van der Waals surface area contributed by atoms with Crippen LogP contribution in [0.2, 0.25) is 0 Å². The molecular weight excluding hydrogens is 160 g/mol. The van der Waals surface area contributed by atoms with Crippen LogP contribution < -0.4 is 0 Å². The van der Waals surface area contributed by atoms with Gasteiger partial charge in [-0.2, -0.15) is 0 Å². The molecule has 0 saturated heterocycles. The number of methoxy groups -OCH3 is 1. The SMILES string of the molecule is COC1CCC(C)c2ccccc21. The van der Waals surface area contributed by atoms with E-state index in [4.69, 9.17) is 4.74 Å². The summed E-state index contributed by atoms with van der Waals surface area (Å²) in [6.45, 7) is 2.30. The van der Waals surface area contributed by atoms with E-state index in [1.54, 1.807) is 7.11 Å². The number of ether oxygens (including phenoxy) is 1. The molecule has 0 saturated carbocycles. The summed E-state index contributed by atoms with van der Waals surface area (Å²) in [5.41, 5.74) is 2.87. The Morgan fingerprint density at radius 3 is 2.54 bits per heavy atom. The minimum absolute atomic E-state index is 0.326. The van der Waals surface area contributed by atoms with Crippen molar-refractivity contribution in [3.05, 3.63) is 35.4 Å². The highest BCUT2D eigenvalue weighted by atomic mass is 16.5. The molecule has 1 aliphatic rings. The third-order valence-electron chi connectivity index (χ3n) is 3.02. The van der Waals surface area contributed by atoms with Crippen LogP contribution in [-0.4, -0.2) is 7.11 Å². The van der Waals surface area contributed by atoms with Gasteiger partial charge in [0.1, 0.15) is 0 Å². The lowest BCUT2D eigenvalue weighted by atomic mass is 9.82. The van der Waals surface area contributed by atoms with Crippen molar-refractivity contribution in [3.8, 4) is 0 Å². The molecule has 2 unspecified atom stereocenters. The van der Waals surface area contributed by atoms with E-state index >= 15 is 0 Å². The van der Waals surface area contributed by atoms with Crippen molar-refractivity contribution in [3.63, 3.8) is 0 Å². The van der Waals surface area contributed by atoms with Crippen LogP contribution in [0.15, 0.2) is 24.3 Å². The highest BCUT2D eigenvalue weighted by Gasteiger charge is 2.23. The van der Waals surface area contributed by atoms with Crippen LogP contribution in [0.4, 0.5) is 0 Å². The quantitative estimate of drug-likeness (QED) is 0.638. The summed E-state index contributed by atoms with van der Waals surface area (Å²) in [7, 11) is 1.80. The predicted octanol–water partition coefficient (Wildman–Crippen LogP) is 3.27. The monoisotopic (exact) mass is 176 g/mol. The van der Waals surface area contributed by atoms with Gasteiger partial charge in [-0.05, 0) is 29.9 Å². The first-order chi connectivity index (χ1) is 6.33. The molecule has 0 amide bonds. The molecule has 1 aromatic carbocycles. The molecular formula is C12H16O. The van der Waals surface area contributed by atoms with Gasteiger partial charge in [-0.3, -0.25) is 0 Å². The Morgan fingerprint density at radius 2 is 1.85 bits per heavy atom. The van der Waals surface area contributed by atoms with E-state index in [9.17, 15) is 0 Å². The molecule has 0 radical (unpaired) electrons. The average molecular weight is 176 g/mol. The average Bonchev–Trinajstić information content (AvgIpc) is 2.19. The maximum absolute atomic E-state index is 5.47. The van der Waals surface area contributed by atoms with Crippen LogP contribution in [0.1, 0.15) is 42.9 Å². The van der Waals surface area contributed by atoms with E-state index in [2.05, 4.69) is 31.2 Å². The van der Waals surface area contributed by atoms with E-state index in [-0.39, 0.29) is 0 Å². The molecule has 0 fully saturated rings. The number of hydrogen-bond acceptors (Lipinski definition) is 1. The zero-order valence-electron chi connectivity index (χ0n) is 8.29. The van der Waals surface area contributed by atoms with Gasteiger partial charge in [0.15, 0.2) is 0 Å². The summed E-state index contributed by atoms with van der Waals surface area (Å²) < 4.78 is 5.47. The highest BCUT2D eigenvalue weighted by molar-refractivity contribution is 5.33. The second-order valence-corrected chi connectivity index (χ2v) is 3.83. The molecule has 2 rings (SSSR count). The van der Waals surface area contributed by atoms with Crippen LogP contribution in [0.25, 0.3) is 0 Å². The van der Waals surface area contributed by atoms with Crippen LogP contribution in [0, 0.1) is 0 Å². The first-order valence-corrected chi connectivity index (χ1v) is 4.94. The first kappa shape index (κ1) is 8.76. The first-order valence-electron chi connectivity index (χ1n) is 4.94. The summed E-state index contributed by atoms with van der Waals surface area (Å²) in [6, 6.07) is 8.64. The van der Waals surface area contributed by atoms with Gasteiger partial charge in [-0.15, -0.1) is 0 Å². The summed E-state index contributed by atoms with van der Waals surface area (Å²) in [4.78, 5) is 0. The predicted molar refractivity (Wildman–Crippen MR) is 53.8 cm³/mol. The van der Waals surface area contributed by atoms with Gasteiger partial charge >= 0.3 is 0 Å². The Morgan fingerprint density at radius 1 is 1.15 bits per heavy atom. The van der Waals surface area contributed by atoms with Crippen molar-refractivity contribution in [2.45, 2.75) is 31.8 Å². The van der Waals surface area contributed by atoms with Crippen LogP contribution in [0.5, 0.6) is 0 Å². The summed E-state index contributed by atoms with van der Waals surface area (Å²) in [6.07, 6.45) is 2.73. The van der Waals surface area contributed by atoms with Crippen molar-refractivity contribution >= 4 is 0 Å². The van der Waals surface area contributed by atoms with Gasteiger partial charge in [-0.1, -0.05) is 31.2 Å². The molecule has 0 aliphatic heterocycles. The molecule has 70 valence electrons. The Hall–Kier alpha value is -0.820. The lowest BCUT2D eigenvalue weighted by molar-refractivity contribution is 0.0850. The minimum Gasteiger partial charge on any atom is -0.377 e. The number of rotatable bonds is 1. The molecule has 2 atom stereocenters. The maximum Gasteiger partial charge on any atom is 0.0824 e. The Labute approximate surface area is 79.7 Å². The van der Waals surface area contributed by atoms with Gasteiger partial charge in [0.25, 0.3) is 0 Å². The second kappa shape index (κ2) is 3.51. The smallest absolute Gasteiger partial charge is 0.0824 e. The third kappa shape index (κ3) is 1.49. The number of hydrogen-bond donors (Lipinski definition) is 0. The standard InChI is InChI=1S/C12H16O/c1-9-7-8-12(13-2)11-6-4-3-5-10(9)11/h3-6,9,12H,7-8H2,1-2H3. The molecule has 0 heterocycles. The zero-order valence-corrected chi connectivity index (χ0v) is 8.29. The van der Waals surface area contributed by atoms with Crippen LogP contribution in [0.3, 0.4) is 0 Å². The fraction of sp³-hybridized carbons (Fsp3) is 0.500. The Balaban J connectivity index is 2.42. The van der Waals surface area contributed by atoms with Gasteiger partial charge < -0.3 is 4.74 Å². The van der Waals surface area contributed by atoms with Gasteiger partial charge in [-0.25, -0.2) is 0 Å². The Kier molecular flexibility index (Phi) is 2.36. The minimum atomic E-state index is 0.326.